The van der Waals surface area contributed by atoms with Gasteiger partial charge in [-0.15, -0.1) is 11.3 Å². The van der Waals surface area contributed by atoms with E-state index in [2.05, 4.69) is 20.9 Å². The first kappa shape index (κ1) is 30.1. The number of aromatic nitrogens is 1. The highest BCUT2D eigenvalue weighted by Gasteiger charge is 2.37. The van der Waals surface area contributed by atoms with E-state index in [0.717, 1.165) is 16.2 Å². The Morgan fingerprint density at radius 2 is 1.77 bits per heavy atom. The van der Waals surface area contributed by atoms with Crippen LogP contribution in [0.5, 0.6) is 0 Å². The Morgan fingerprint density at radius 3 is 2.38 bits per heavy atom. The summed E-state index contributed by atoms with van der Waals surface area (Å²) in [7, 11) is 4.66. The Hall–Kier alpha value is -3.42. The quantitative estimate of drug-likeness (QED) is 0.356. The molecule has 210 valence electrons. The third-order valence-electron chi connectivity index (χ3n) is 6.19. The van der Waals surface area contributed by atoms with Crippen LogP contribution in [0, 0.1) is 5.92 Å². The molecule has 0 aliphatic heterocycles. The number of halogens is 2. The van der Waals surface area contributed by atoms with Gasteiger partial charge in [0.2, 0.25) is 5.91 Å². The lowest BCUT2D eigenvalue weighted by atomic mass is 9.81. The molecule has 0 aromatic carbocycles. The number of pyridine rings is 1. The SMILES string of the molecule is CN(C)C(=O)[C@H]1CC[C@H](NC(=O)C(=O)Nc2ccc(Cl)cn2)[C@H](NC(=O)c2scc(CN(C)C(=O)O)c2Cl)C1. The molecular weight excluding hydrogens is 571 g/mol. The predicted molar refractivity (Wildman–Crippen MR) is 146 cm³/mol. The lowest BCUT2D eigenvalue weighted by Crippen LogP contribution is -2.57. The van der Waals surface area contributed by atoms with E-state index in [9.17, 15) is 24.0 Å². The van der Waals surface area contributed by atoms with Gasteiger partial charge in [-0.05, 0) is 36.8 Å². The summed E-state index contributed by atoms with van der Waals surface area (Å²) in [5, 5.41) is 19.1. The lowest BCUT2D eigenvalue weighted by Gasteiger charge is -2.37. The molecule has 3 rings (SSSR count). The van der Waals surface area contributed by atoms with E-state index in [1.54, 1.807) is 19.5 Å². The maximum Gasteiger partial charge on any atom is 0.407 e. The van der Waals surface area contributed by atoms with E-state index in [1.807, 2.05) is 0 Å². The number of thiophene rings is 1. The largest absolute Gasteiger partial charge is 0.465 e. The zero-order valence-corrected chi connectivity index (χ0v) is 23.7. The summed E-state index contributed by atoms with van der Waals surface area (Å²) in [6.45, 7) is -0.00292. The van der Waals surface area contributed by atoms with E-state index >= 15 is 0 Å². The highest BCUT2D eigenvalue weighted by atomic mass is 35.5. The van der Waals surface area contributed by atoms with Crippen molar-refractivity contribution in [3.63, 3.8) is 0 Å². The molecule has 3 atom stereocenters. The number of hydrogen-bond donors (Lipinski definition) is 4. The molecule has 0 spiro atoms. The molecular formula is C24H28Cl2N6O6S. The highest BCUT2D eigenvalue weighted by Crippen LogP contribution is 2.31. The van der Waals surface area contributed by atoms with Crippen LogP contribution in [0.15, 0.2) is 23.7 Å². The van der Waals surface area contributed by atoms with Crippen LogP contribution in [0.4, 0.5) is 10.6 Å². The van der Waals surface area contributed by atoms with Gasteiger partial charge in [0.25, 0.3) is 5.91 Å². The van der Waals surface area contributed by atoms with E-state index in [0.29, 0.717) is 23.4 Å². The molecule has 2 aromatic heterocycles. The molecule has 1 aliphatic carbocycles. The second-order valence-electron chi connectivity index (χ2n) is 9.26. The number of nitrogens with one attached hydrogen (secondary N) is 3. The van der Waals surface area contributed by atoms with Gasteiger partial charge in [0.05, 0.1) is 22.6 Å². The number of amides is 5. The van der Waals surface area contributed by atoms with Crippen LogP contribution in [0.1, 0.15) is 34.5 Å². The van der Waals surface area contributed by atoms with Crippen LogP contribution >= 0.6 is 34.5 Å². The number of carbonyl (C=O) groups excluding carboxylic acids is 4. The van der Waals surface area contributed by atoms with Gasteiger partial charge in [-0.1, -0.05) is 23.2 Å². The van der Waals surface area contributed by atoms with Crippen LogP contribution in [-0.2, 0) is 20.9 Å². The summed E-state index contributed by atoms with van der Waals surface area (Å²) in [5.41, 5.74) is 0.471. The van der Waals surface area contributed by atoms with E-state index in [1.165, 1.54) is 30.3 Å². The van der Waals surface area contributed by atoms with Gasteiger partial charge in [-0.25, -0.2) is 9.78 Å². The van der Waals surface area contributed by atoms with Crippen molar-refractivity contribution in [2.75, 3.05) is 26.5 Å². The fourth-order valence-corrected chi connectivity index (χ4v) is 5.51. The molecule has 0 unspecified atom stereocenters. The summed E-state index contributed by atoms with van der Waals surface area (Å²) >= 11 is 13.2. The standard InChI is InChI=1S/C24H28Cl2N6O6S/c1-31(2)23(36)12-4-6-15(28-21(34)22(35)30-17-7-5-14(25)9-27-17)16(8-12)29-20(33)19-18(26)13(11-39-19)10-32(3)24(37)38/h5,7,9,11-12,15-16H,4,6,8,10H2,1-3H3,(H,28,34)(H,29,33)(H,37,38)(H,27,30,35)/t12-,15-,16+/m0/s1. The smallest absolute Gasteiger partial charge is 0.407 e. The lowest BCUT2D eigenvalue weighted by molar-refractivity contribution is -0.137. The summed E-state index contributed by atoms with van der Waals surface area (Å²) in [4.78, 5) is 68.7. The van der Waals surface area contributed by atoms with Crippen molar-refractivity contribution in [3.8, 4) is 0 Å². The molecule has 39 heavy (non-hydrogen) atoms. The average Bonchev–Trinajstić information content (AvgIpc) is 3.25. The Labute approximate surface area is 238 Å². The number of carboxylic acid groups (broad SMARTS) is 1. The van der Waals surface area contributed by atoms with E-state index in [4.69, 9.17) is 28.3 Å². The molecule has 0 bridgehead atoms. The molecule has 1 saturated carbocycles. The van der Waals surface area contributed by atoms with Crippen LogP contribution in [-0.4, -0.2) is 82.8 Å². The fourth-order valence-electron chi connectivity index (χ4n) is 4.15. The minimum Gasteiger partial charge on any atom is -0.465 e. The molecule has 0 radical (unpaired) electrons. The van der Waals surface area contributed by atoms with Crippen LogP contribution in [0.25, 0.3) is 0 Å². The van der Waals surface area contributed by atoms with Crippen molar-refractivity contribution in [3.05, 3.63) is 44.2 Å². The molecule has 1 fully saturated rings. The van der Waals surface area contributed by atoms with Gasteiger partial charge < -0.3 is 30.9 Å². The van der Waals surface area contributed by atoms with Crippen molar-refractivity contribution in [1.82, 2.24) is 25.4 Å². The van der Waals surface area contributed by atoms with Crippen molar-refractivity contribution in [1.29, 1.82) is 0 Å². The Kier molecular flexibility index (Phi) is 10.1. The molecule has 12 nitrogen and oxygen atoms in total. The number of rotatable bonds is 7. The third kappa shape index (κ3) is 7.80. The molecule has 2 heterocycles. The number of carbonyl (C=O) groups is 5. The van der Waals surface area contributed by atoms with Gasteiger partial charge in [0.15, 0.2) is 0 Å². The zero-order chi connectivity index (χ0) is 28.9. The van der Waals surface area contributed by atoms with Gasteiger partial charge in [0.1, 0.15) is 10.7 Å². The van der Waals surface area contributed by atoms with Gasteiger partial charge >= 0.3 is 17.9 Å². The molecule has 15 heteroatoms. The van der Waals surface area contributed by atoms with Crippen LogP contribution in [0.3, 0.4) is 0 Å². The fraction of sp³-hybridized carbons (Fsp3) is 0.417. The molecule has 2 aromatic rings. The van der Waals surface area contributed by atoms with E-state index < -0.39 is 41.8 Å². The molecule has 1 aliphatic rings. The summed E-state index contributed by atoms with van der Waals surface area (Å²) < 4.78 is 0. The Balaban J connectivity index is 1.74. The topological polar surface area (TPSA) is 161 Å². The molecule has 0 saturated heterocycles. The summed E-state index contributed by atoms with van der Waals surface area (Å²) in [6.07, 6.45) is 1.19. The normalized spacial score (nSPS) is 18.5. The first-order valence-electron chi connectivity index (χ1n) is 11.8. The van der Waals surface area contributed by atoms with Gasteiger partial charge in [0, 0.05) is 44.9 Å². The number of hydrogen-bond acceptors (Lipinski definition) is 7. The van der Waals surface area contributed by atoms with Crippen molar-refractivity contribution in [2.45, 2.75) is 37.9 Å². The van der Waals surface area contributed by atoms with Crippen molar-refractivity contribution < 1.29 is 29.1 Å². The number of nitrogens with zero attached hydrogens (tertiary/aromatic N) is 3. The maximum absolute atomic E-state index is 13.2. The molecule has 5 amide bonds. The Bertz CT molecular complexity index is 1250. The first-order valence-corrected chi connectivity index (χ1v) is 13.5. The average molecular weight is 599 g/mol. The second kappa shape index (κ2) is 13.1. The second-order valence-corrected chi connectivity index (χ2v) is 11.0. The van der Waals surface area contributed by atoms with Crippen molar-refractivity contribution >= 4 is 70.1 Å². The summed E-state index contributed by atoms with van der Waals surface area (Å²) in [6, 6.07) is 1.63. The molecule has 4 N–H and O–H groups in total. The third-order valence-corrected chi connectivity index (χ3v) is 7.98. The number of anilines is 1. The van der Waals surface area contributed by atoms with Gasteiger partial charge in [-0.3, -0.25) is 19.2 Å². The zero-order valence-electron chi connectivity index (χ0n) is 21.4. The van der Waals surface area contributed by atoms with E-state index in [-0.39, 0.29) is 34.6 Å². The van der Waals surface area contributed by atoms with Crippen LogP contribution < -0.4 is 16.0 Å². The maximum atomic E-state index is 13.2. The summed E-state index contributed by atoms with van der Waals surface area (Å²) in [5.74, 6) is -2.79. The Morgan fingerprint density at radius 1 is 1.05 bits per heavy atom. The predicted octanol–water partition coefficient (Wildman–Crippen LogP) is 2.67. The monoisotopic (exact) mass is 598 g/mol. The minimum absolute atomic E-state index is 0.00292. The van der Waals surface area contributed by atoms with Crippen molar-refractivity contribution in [2.24, 2.45) is 5.92 Å². The van der Waals surface area contributed by atoms with Crippen LogP contribution in [0.2, 0.25) is 10.0 Å². The van der Waals surface area contributed by atoms with Gasteiger partial charge in [-0.2, -0.15) is 0 Å². The first-order chi connectivity index (χ1) is 18.4. The highest BCUT2D eigenvalue weighted by molar-refractivity contribution is 7.13. The minimum atomic E-state index is -1.14.